The number of rotatable bonds is 7. The van der Waals surface area contributed by atoms with Crippen LogP contribution in [0.25, 0.3) is 6.08 Å². The van der Waals surface area contributed by atoms with Gasteiger partial charge in [-0.15, -0.1) is 0 Å². The number of carbonyl (C=O) groups excluding carboxylic acids is 2. The molecule has 0 unspecified atom stereocenters. The summed E-state index contributed by atoms with van der Waals surface area (Å²) < 4.78 is 5.72. The van der Waals surface area contributed by atoms with Crippen molar-refractivity contribution in [2.75, 3.05) is 6.54 Å². The molecule has 1 saturated heterocycles. The molecule has 1 fully saturated rings. The number of aliphatic carboxylic acids is 1. The first kappa shape index (κ1) is 18.7. The molecule has 6 nitrogen and oxygen atoms in total. The summed E-state index contributed by atoms with van der Waals surface area (Å²) in [6, 6.07) is 17.0. The second-order valence-corrected chi connectivity index (χ2v) is 6.81. The second-order valence-electron chi connectivity index (χ2n) is 5.82. The van der Waals surface area contributed by atoms with Crippen molar-refractivity contribution < 1.29 is 24.2 Å². The summed E-state index contributed by atoms with van der Waals surface area (Å²) in [7, 11) is 0. The van der Waals surface area contributed by atoms with E-state index in [0.717, 1.165) is 27.8 Å². The molecule has 3 rings (SSSR count). The Hall–Kier alpha value is -3.06. The van der Waals surface area contributed by atoms with Crippen molar-refractivity contribution in [2.24, 2.45) is 0 Å². The first-order valence-corrected chi connectivity index (χ1v) is 9.08. The van der Waals surface area contributed by atoms with E-state index in [1.54, 1.807) is 30.3 Å². The van der Waals surface area contributed by atoms with E-state index in [1.165, 1.54) is 0 Å². The minimum Gasteiger partial charge on any atom is -0.489 e. The molecule has 0 aromatic heterocycles. The average Bonchev–Trinajstić information content (AvgIpc) is 2.93. The van der Waals surface area contributed by atoms with Gasteiger partial charge in [-0.3, -0.25) is 19.3 Å². The predicted octanol–water partition coefficient (Wildman–Crippen LogP) is 3.78. The van der Waals surface area contributed by atoms with Gasteiger partial charge in [0.2, 0.25) is 0 Å². The Morgan fingerprint density at radius 3 is 2.44 bits per heavy atom. The van der Waals surface area contributed by atoms with E-state index in [2.05, 4.69) is 0 Å². The van der Waals surface area contributed by atoms with Crippen molar-refractivity contribution in [1.82, 2.24) is 4.90 Å². The van der Waals surface area contributed by atoms with Crippen LogP contribution < -0.4 is 4.74 Å². The Labute approximate surface area is 160 Å². The first-order valence-electron chi connectivity index (χ1n) is 8.27. The molecule has 0 spiro atoms. The number of carboxylic acid groups (broad SMARTS) is 1. The standard InChI is InChI=1S/C20H17NO5S/c22-18(23)10-11-21-19(24)17(27-20(21)25)12-14-6-8-16(9-7-14)26-13-15-4-2-1-3-5-15/h1-9,12H,10-11,13H2,(H,22,23). The minimum atomic E-state index is -1.05. The number of nitrogens with zero attached hydrogens (tertiary/aromatic N) is 1. The zero-order valence-electron chi connectivity index (χ0n) is 14.3. The molecule has 2 aromatic rings. The van der Waals surface area contributed by atoms with Gasteiger partial charge in [0.25, 0.3) is 11.1 Å². The lowest BCUT2D eigenvalue weighted by atomic mass is 10.2. The molecule has 0 atom stereocenters. The monoisotopic (exact) mass is 383 g/mol. The van der Waals surface area contributed by atoms with Crippen LogP contribution >= 0.6 is 11.8 Å². The normalized spacial score (nSPS) is 15.4. The minimum absolute atomic E-state index is 0.121. The summed E-state index contributed by atoms with van der Waals surface area (Å²) in [4.78, 5) is 36.0. The van der Waals surface area contributed by atoms with E-state index in [0.29, 0.717) is 12.4 Å². The summed E-state index contributed by atoms with van der Waals surface area (Å²) in [5, 5.41) is 8.26. The molecule has 27 heavy (non-hydrogen) atoms. The fourth-order valence-electron chi connectivity index (χ4n) is 2.45. The van der Waals surface area contributed by atoms with Gasteiger partial charge < -0.3 is 9.84 Å². The zero-order chi connectivity index (χ0) is 19.2. The Morgan fingerprint density at radius 1 is 1.07 bits per heavy atom. The highest BCUT2D eigenvalue weighted by Crippen LogP contribution is 2.32. The number of benzene rings is 2. The molecule has 1 heterocycles. The highest BCUT2D eigenvalue weighted by Gasteiger charge is 2.34. The Balaban J connectivity index is 1.62. The van der Waals surface area contributed by atoms with E-state index in [-0.39, 0.29) is 17.9 Å². The first-order chi connectivity index (χ1) is 13.0. The topological polar surface area (TPSA) is 83.9 Å². The third-order valence-corrected chi connectivity index (χ3v) is 4.76. The Morgan fingerprint density at radius 2 is 1.78 bits per heavy atom. The van der Waals surface area contributed by atoms with Gasteiger partial charge >= 0.3 is 5.97 Å². The molecular weight excluding hydrogens is 366 g/mol. The Kier molecular flexibility index (Phi) is 5.93. The van der Waals surface area contributed by atoms with E-state index in [4.69, 9.17) is 9.84 Å². The van der Waals surface area contributed by atoms with Gasteiger partial charge in [-0.1, -0.05) is 42.5 Å². The number of imide groups is 1. The highest BCUT2D eigenvalue weighted by atomic mass is 32.2. The van der Waals surface area contributed by atoms with Crippen LogP contribution in [0.2, 0.25) is 0 Å². The van der Waals surface area contributed by atoms with Gasteiger partial charge in [0.1, 0.15) is 12.4 Å². The van der Waals surface area contributed by atoms with Crippen molar-refractivity contribution in [3.63, 3.8) is 0 Å². The summed E-state index contributed by atoms with van der Waals surface area (Å²) >= 11 is 0.814. The fourth-order valence-corrected chi connectivity index (χ4v) is 3.32. The van der Waals surface area contributed by atoms with Crippen LogP contribution in [0.1, 0.15) is 17.5 Å². The molecule has 1 N–H and O–H groups in total. The molecule has 0 radical (unpaired) electrons. The second kappa shape index (κ2) is 8.55. The maximum atomic E-state index is 12.3. The molecule has 2 aromatic carbocycles. The van der Waals surface area contributed by atoms with Crippen molar-refractivity contribution >= 4 is 35.0 Å². The van der Waals surface area contributed by atoms with Crippen LogP contribution in [0, 0.1) is 0 Å². The van der Waals surface area contributed by atoms with E-state index < -0.39 is 17.1 Å². The molecular formula is C20H17NO5S. The number of hydrogen-bond donors (Lipinski definition) is 1. The predicted molar refractivity (Wildman–Crippen MR) is 102 cm³/mol. The molecule has 1 aliphatic rings. The molecule has 0 aliphatic carbocycles. The van der Waals surface area contributed by atoms with Gasteiger partial charge in [-0.05, 0) is 41.1 Å². The van der Waals surface area contributed by atoms with Crippen molar-refractivity contribution in [2.45, 2.75) is 13.0 Å². The molecule has 1 aliphatic heterocycles. The number of carboxylic acids is 1. The van der Waals surface area contributed by atoms with E-state index in [9.17, 15) is 14.4 Å². The van der Waals surface area contributed by atoms with Gasteiger partial charge in [-0.2, -0.15) is 0 Å². The molecule has 138 valence electrons. The van der Waals surface area contributed by atoms with Crippen LogP contribution in [-0.2, 0) is 16.2 Å². The maximum absolute atomic E-state index is 12.3. The number of ether oxygens (including phenoxy) is 1. The number of thioether (sulfide) groups is 1. The van der Waals surface area contributed by atoms with Crippen molar-refractivity contribution in [3.8, 4) is 5.75 Å². The summed E-state index contributed by atoms with van der Waals surface area (Å²) in [6.07, 6.45) is 1.35. The maximum Gasteiger partial charge on any atom is 0.305 e. The van der Waals surface area contributed by atoms with Crippen molar-refractivity contribution in [3.05, 3.63) is 70.6 Å². The van der Waals surface area contributed by atoms with Crippen LogP contribution in [-0.4, -0.2) is 33.7 Å². The SMILES string of the molecule is O=C(O)CCN1C(=O)SC(=Cc2ccc(OCc3ccccc3)cc2)C1=O. The fraction of sp³-hybridized carbons (Fsp3) is 0.150. The third-order valence-electron chi connectivity index (χ3n) is 3.85. The van der Waals surface area contributed by atoms with Gasteiger partial charge in [0.15, 0.2) is 0 Å². The van der Waals surface area contributed by atoms with Crippen LogP contribution in [0.15, 0.2) is 59.5 Å². The van der Waals surface area contributed by atoms with Gasteiger partial charge in [-0.25, -0.2) is 0 Å². The number of hydrogen-bond acceptors (Lipinski definition) is 5. The van der Waals surface area contributed by atoms with Gasteiger partial charge in [0, 0.05) is 6.54 Å². The van der Waals surface area contributed by atoms with Crippen LogP contribution in [0.3, 0.4) is 0 Å². The zero-order valence-corrected chi connectivity index (χ0v) is 15.1. The van der Waals surface area contributed by atoms with Crippen molar-refractivity contribution in [1.29, 1.82) is 0 Å². The average molecular weight is 383 g/mol. The smallest absolute Gasteiger partial charge is 0.305 e. The highest BCUT2D eigenvalue weighted by molar-refractivity contribution is 8.18. The number of carbonyl (C=O) groups is 3. The van der Waals surface area contributed by atoms with E-state index >= 15 is 0 Å². The van der Waals surface area contributed by atoms with Crippen LogP contribution in [0.4, 0.5) is 4.79 Å². The molecule has 0 saturated carbocycles. The molecule has 7 heteroatoms. The van der Waals surface area contributed by atoms with E-state index in [1.807, 2.05) is 30.3 Å². The number of amides is 2. The lowest BCUT2D eigenvalue weighted by molar-refractivity contribution is -0.137. The summed E-state index contributed by atoms with van der Waals surface area (Å²) in [6.45, 7) is 0.340. The largest absolute Gasteiger partial charge is 0.489 e. The van der Waals surface area contributed by atoms with Crippen LogP contribution in [0.5, 0.6) is 5.75 Å². The summed E-state index contributed by atoms with van der Waals surface area (Å²) in [5.41, 5.74) is 1.82. The third kappa shape index (κ3) is 4.98. The lowest BCUT2D eigenvalue weighted by Crippen LogP contribution is -2.30. The molecule has 2 amide bonds. The lowest BCUT2D eigenvalue weighted by Gasteiger charge is -2.09. The quantitative estimate of drug-likeness (QED) is 0.733. The molecule has 0 bridgehead atoms. The van der Waals surface area contributed by atoms with Gasteiger partial charge in [0.05, 0.1) is 11.3 Å². The summed E-state index contributed by atoms with van der Waals surface area (Å²) in [5.74, 6) is -0.814. The Bertz CT molecular complexity index is 877.